The van der Waals surface area contributed by atoms with Crippen LogP contribution in [0.3, 0.4) is 0 Å². The number of amides is 1. The van der Waals surface area contributed by atoms with E-state index in [1.165, 1.54) is 12.1 Å². The first-order chi connectivity index (χ1) is 13.1. The number of nitrogens with zero attached hydrogens (tertiary/aromatic N) is 2. The van der Waals surface area contributed by atoms with Crippen LogP contribution in [0.4, 0.5) is 10.1 Å². The van der Waals surface area contributed by atoms with Crippen molar-refractivity contribution in [2.24, 2.45) is 0 Å². The van der Waals surface area contributed by atoms with Crippen LogP contribution in [0, 0.1) is 5.82 Å². The molecule has 3 rings (SSSR count). The second kappa shape index (κ2) is 8.58. The smallest absolute Gasteiger partial charge is 0.246 e. The maximum absolute atomic E-state index is 13.1. The molecule has 0 aliphatic carbocycles. The summed E-state index contributed by atoms with van der Waals surface area (Å²) in [6, 6.07) is 12.0. The van der Waals surface area contributed by atoms with Gasteiger partial charge in [-0.2, -0.15) is 0 Å². The summed E-state index contributed by atoms with van der Waals surface area (Å²) < 4.78 is 23.7. The van der Waals surface area contributed by atoms with Crippen molar-refractivity contribution in [2.75, 3.05) is 45.3 Å². The van der Waals surface area contributed by atoms with E-state index in [1.54, 1.807) is 38.5 Å². The third kappa shape index (κ3) is 4.39. The Morgan fingerprint density at radius 3 is 2.33 bits per heavy atom. The van der Waals surface area contributed by atoms with Crippen molar-refractivity contribution in [2.45, 2.75) is 0 Å². The van der Waals surface area contributed by atoms with E-state index in [2.05, 4.69) is 4.90 Å². The molecule has 0 N–H and O–H groups in total. The lowest BCUT2D eigenvalue weighted by Crippen LogP contribution is -2.48. The number of rotatable bonds is 5. The highest BCUT2D eigenvalue weighted by Gasteiger charge is 2.20. The molecule has 27 heavy (non-hydrogen) atoms. The Bertz CT molecular complexity index is 813. The van der Waals surface area contributed by atoms with Gasteiger partial charge < -0.3 is 19.3 Å². The van der Waals surface area contributed by atoms with Gasteiger partial charge in [-0.15, -0.1) is 0 Å². The van der Waals surface area contributed by atoms with E-state index in [1.807, 2.05) is 23.1 Å². The van der Waals surface area contributed by atoms with E-state index in [0.29, 0.717) is 37.7 Å². The Labute approximate surface area is 158 Å². The molecule has 0 spiro atoms. The quantitative estimate of drug-likeness (QED) is 0.758. The summed E-state index contributed by atoms with van der Waals surface area (Å²) in [6.45, 7) is 2.67. The number of methoxy groups -OCH3 is 2. The molecule has 1 fully saturated rings. The maximum atomic E-state index is 13.1. The van der Waals surface area contributed by atoms with E-state index in [4.69, 9.17) is 9.47 Å². The average molecular weight is 370 g/mol. The predicted octanol–water partition coefficient (Wildman–Crippen LogP) is 3.20. The number of para-hydroxylation sites is 1. The molecule has 1 heterocycles. The lowest BCUT2D eigenvalue weighted by Gasteiger charge is -2.35. The molecular formula is C21H23FN2O3. The Kier molecular flexibility index (Phi) is 5.96. The molecule has 1 amide bonds. The molecule has 5 nitrogen and oxygen atoms in total. The molecule has 1 aliphatic heterocycles. The fourth-order valence-corrected chi connectivity index (χ4v) is 3.15. The predicted molar refractivity (Wildman–Crippen MR) is 104 cm³/mol. The van der Waals surface area contributed by atoms with Gasteiger partial charge in [-0.1, -0.05) is 12.1 Å². The molecule has 142 valence electrons. The fraction of sp³-hybridized carbons (Fsp3) is 0.286. The summed E-state index contributed by atoms with van der Waals surface area (Å²) in [4.78, 5) is 16.5. The number of hydrogen-bond acceptors (Lipinski definition) is 4. The number of carbonyl (C=O) groups is 1. The van der Waals surface area contributed by atoms with Crippen molar-refractivity contribution in [1.29, 1.82) is 0 Å². The van der Waals surface area contributed by atoms with Gasteiger partial charge in [0.15, 0.2) is 11.5 Å². The summed E-state index contributed by atoms with van der Waals surface area (Å²) in [7, 11) is 3.16. The number of halogens is 1. The lowest BCUT2D eigenvalue weighted by atomic mass is 10.1. The van der Waals surface area contributed by atoms with Crippen LogP contribution in [0.15, 0.2) is 48.5 Å². The van der Waals surface area contributed by atoms with Crippen LogP contribution in [0.2, 0.25) is 0 Å². The van der Waals surface area contributed by atoms with E-state index in [9.17, 15) is 9.18 Å². The van der Waals surface area contributed by atoms with Gasteiger partial charge in [-0.25, -0.2) is 4.39 Å². The van der Waals surface area contributed by atoms with Gasteiger partial charge in [-0.05, 0) is 36.4 Å². The minimum absolute atomic E-state index is 0.0429. The van der Waals surface area contributed by atoms with E-state index < -0.39 is 0 Å². The molecule has 1 saturated heterocycles. The fourth-order valence-electron chi connectivity index (χ4n) is 3.15. The highest BCUT2D eigenvalue weighted by Crippen LogP contribution is 2.31. The zero-order valence-corrected chi connectivity index (χ0v) is 15.5. The Balaban J connectivity index is 1.61. The zero-order valence-electron chi connectivity index (χ0n) is 15.5. The molecular weight excluding hydrogens is 347 g/mol. The molecule has 0 atom stereocenters. The average Bonchev–Trinajstić information content (AvgIpc) is 2.72. The molecule has 2 aromatic carbocycles. The number of anilines is 1. The van der Waals surface area contributed by atoms with Crippen molar-refractivity contribution >= 4 is 17.7 Å². The van der Waals surface area contributed by atoms with Crippen molar-refractivity contribution < 1.29 is 18.7 Å². The second-order valence-corrected chi connectivity index (χ2v) is 6.20. The molecule has 0 radical (unpaired) electrons. The van der Waals surface area contributed by atoms with Crippen LogP contribution in [-0.4, -0.2) is 51.2 Å². The minimum Gasteiger partial charge on any atom is -0.493 e. The molecule has 0 unspecified atom stereocenters. The lowest BCUT2D eigenvalue weighted by molar-refractivity contribution is -0.126. The number of carbonyl (C=O) groups excluding carboxylic acids is 1. The standard InChI is InChI=1S/C21H23FN2O3/c1-26-19-5-3-4-16(21(19)27-2)6-11-20(25)24-14-12-23(13-15-24)18-9-7-17(22)8-10-18/h3-11H,12-15H2,1-2H3/b11-6+. The number of piperazine rings is 1. The van der Waals surface area contributed by atoms with Gasteiger partial charge in [0, 0.05) is 43.5 Å². The maximum Gasteiger partial charge on any atom is 0.246 e. The van der Waals surface area contributed by atoms with Crippen LogP contribution in [0.1, 0.15) is 5.56 Å². The van der Waals surface area contributed by atoms with Gasteiger partial charge in [0.25, 0.3) is 0 Å². The number of ether oxygens (including phenoxy) is 2. The van der Waals surface area contributed by atoms with Crippen LogP contribution >= 0.6 is 0 Å². The molecule has 0 aromatic heterocycles. The first-order valence-corrected chi connectivity index (χ1v) is 8.81. The third-order valence-electron chi connectivity index (χ3n) is 4.62. The van der Waals surface area contributed by atoms with Gasteiger partial charge in [0.2, 0.25) is 5.91 Å². The molecule has 2 aromatic rings. The normalized spacial score (nSPS) is 14.5. The Morgan fingerprint density at radius 2 is 1.70 bits per heavy atom. The van der Waals surface area contributed by atoms with Crippen molar-refractivity contribution in [1.82, 2.24) is 4.90 Å². The number of benzene rings is 2. The summed E-state index contributed by atoms with van der Waals surface area (Å²) >= 11 is 0. The zero-order chi connectivity index (χ0) is 19.2. The first-order valence-electron chi connectivity index (χ1n) is 8.81. The van der Waals surface area contributed by atoms with Crippen LogP contribution in [0.25, 0.3) is 6.08 Å². The molecule has 0 bridgehead atoms. The monoisotopic (exact) mass is 370 g/mol. The molecule has 6 heteroatoms. The molecule has 0 saturated carbocycles. The van der Waals surface area contributed by atoms with Gasteiger partial charge >= 0.3 is 0 Å². The first kappa shape index (κ1) is 18.8. The summed E-state index contributed by atoms with van der Waals surface area (Å²) in [5.41, 5.74) is 1.76. The molecule has 1 aliphatic rings. The Morgan fingerprint density at radius 1 is 1.00 bits per heavy atom. The summed E-state index contributed by atoms with van der Waals surface area (Å²) in [6.07, 6.45) is 3.31. The van der Waals surface area contributed by atoms with Crippen molar-refractivity contribution in [3.05, 3.63) is 59.9 Å². The van der Waals surface area contributed by atoms with Gasteiger partial charge in [0.1, 0.15) is 5.82 Å². The number of hydrogen-bond donors (Lipinski definition) is 0. The van der Waals surface area contributed by atoms with Crippen LogP contribution in [0.5, 0.6) is 11.5 Å². The minimum atomic E-state index is -0.245. The van der Waals surface area contributed by atoms with E-state index in [0.717, 1.165) is 11.3 Å². The summed E-state index contributed by atoms with van der Waals surface area (Å²) in [5.74, 6) is 0.939. The SMILES string of the molecule is COc1cccc(/C=C/C(=O)N2CCN(c3ccc(F)cc3)CC2)c1OC. The highest BCUT2D eigenvalue weighted by molar-refractivity contribution is 5.92. The Hall–Kier alpha value is -3.02. The largest absolute Gasteiger partial charge is 0.493 e. The van der Waals surface area contributed by atoms with E-state index >= 15 is 0 Å². The second-order valence-electron chi connectivity index (χ2n) is 6.20. The van der Waals surface area contributed by atoms with E-state index in [-0.39, 0.29) is 11.7 Å². The highest BCUT2D eigenvalue weighted by atomic mass is 19.1. The van der Waals surface area contributed by atoms with Crippen LogP contribution < -0.4 is 14.4 Å². The third-order valence-corrected chi connectivity index (χ3v) is 4.62. The van der Waals surface area contributed by atoms with Crippen molar-refractivity contribution in [3.63, 3.8) is 0 Å². The van der Waals surface area contributed by atoms with Crippen molar-refractivity contribution in [3.8, 4) is 11.5 Å². The van der Waals surface area contributed by atoms with Gasteiger partial charge in [0.05, 0.1) is 14.2 Å². The van der Waals surface area contributed by atoms with Gasteiger partial charge in [-0.3, -0.25) is 4.79 Å². The topological polar surface area (TPSA) is 42.0 Å². The van der Waals surface area contributed by atoms with Crippen LogP contribution in [-0.2, 0) is 4.79 Å². The summed E-state index contributed by atoms with van der Waals surface area (Å²) in [5, 5.41) is 0.